The van der Waals surface area contributed by atoms with Gasteiger partial charge in [-0.05, 0) is 51.2 Å². The van der Waals surface area contributed by atoms with Crippen molar-refractivity contribution in [3.63, 3.8) is 0 Å². The number of fused-ring (bicyclic) bond motifs is 1. The van der Waals surface area contributed by atoms with Crippen LogP contribution >= 0.6 is 0 Å². The Kier molecular flexibility index (Phi) is 3.62. The topological polar surface area (TPSA) is 33.7 Å². The van der Waals surface area contributed by atoms with Crippen molar-refractivity contribution < 1.29 is 9.47 Å². The number of nitrogens with zero attached hydrogens (tertiary/aromatic N) is 1. The lowest BCUT2D eigenvalue weighted by Gasteiger charge is -2.36. The number of piperidine rings is 1. The zero-order chi connectivity index (χ0) is 13.2. The first-order chi connectivity index (χ1) is 9.25. The van der Waals surface area contributed by atoms with Crippen molar-refractivity contribution in [3.05, 3.63) is 23.8 Å². The fraction of sp³-hybridized carbons (Fsp3) is 0.600. The fourth-order valence-corrected chi connectivity index (χ4v) is 3.14. The van der Waals surface area contributed by atoms with Crippen LogP contribution in [0.1, 0.15) is 30.9 Å². The highest BCUT2D eigenvalue weighted by Gasteiger charge is 2.27. The number of hydrogen-bond donors (Lipinski definition) is 1. The van der Waals surface area contributed by atoms with Gasteiger partial charge in [-0.15, -0.1) is 0 Å². The van der Waals surface area contributed by atoms with Crippen LogP contribution in [-0.4, -0.2) is 38.4 Å². The van der Waals surface area contributed by atoms with Gasteiger partial charge in [-0.2, -0.15) is 0 Å². The summed E-state index contributed by atoms with van der Waals surface area (Å²) in [7, 11) is 4.29. The minimum absolute atomic E-state index is 0.340. The first-order valence-electron chi connectivity index (χ1n) is 7.05. The molecule has 2 heterocycles. The van der Waals surface area contributed by atoms with Gasteiger partial charge in [0, 0.05) is 12.1 Å². The molecule has 1 fully saturated rings. The van der Waals surface area contributed by atoms with Gasteiger partial charge in [0.15, 0.2) is 11.5 Å². The average Bonchev–Trinajstić information content (AvgIpc) is 2.87. The monoisotopic (exact) mass is 262 g/mol. The lowest BCUT2D eigenvalue weighted by atomic mass is 9.91. The molecule has 2 aliphatic heterocycles. The zero-order valence-electron chi connectivity index (χ0n) is 11.7. The molecule has 1 N–H and O–H groups in total. The van der Waals surface area contributed by atoms with Crippen molar-refractivity contribution in [2.45, 2.75) is 31.3 Å². The quantitative estimate of drug-likeness (QED) is 0.905. The third kappa shape index (κ3) is 2.55. The molecule has 0 amide bonds. The van der Waals surface area contributed by atoms with Crippen LogP contribution in [0.25, 0.3) is 0 Å². The standard InChI is InChI=1S/C15H22N2O2/c1-17(2)15(12-5-3-4-8-16-12)11-6-7-13-14(9-11)19-10-18-13/h6-7,9,12,15-16H,3-5,8,10H2,1-2H3. The molecular formula is C15H22N2O2. The number of ether oxygens (including phenoxy) is 2. The molecule has 0 bridgehead atoms. The molecule has 0 aromatic heterocycles. The molecule has 2 aliphatic rings. The summed E-state index contributed by atoms with van der Waals surface area (Å²) in [4.78, 5) is 2.29. The second-order valence-corrected chi connectivity index (χ2v) is 5.58. The second kappa shape index (κ2) is 5.39. The molecule has 0 radical (unpaired) electrons. The van der Waals surface area contributed by atoms with Gasteiger partial charge in [-0.1, -0.05) is 12.5 Å². The predicted molar refractivity (Wildman–Crippen MR) is 74.6 cm³/mol. The summed E-state index contributed by atoms with van der Waals surface area (Å²) in [6.07, 6.45) is 3.83. The van der Waals surface area contributed by atoms with Crippen molar-refractivity contribution in [2.75, 3.05) is 27.4 Å². The Morgan fingerprint density at radius 1 is 1.21 bits per heavy atom. The van der Waals surface area contributed by atoms with E-state index in [0.29, 0.717) is 18.9 Å². The molecule has 2 unspecified atom stereocenters. The van der Waals surface area contributed by atoms with E-state index in [1.54, 1.807) is 0 Å². The van der Waals surface area contributed by atoms with E-state index >= 15 is 0 Å². The highest BCUT2D eigenvalue weighted by Crippen LogP contribution is 2.36. The van der Waals surface area contributed by atoms with Crippen LogP contribution in [0.2, 0.25) is 0 Å². The third-order valence-electron chi connectivity index (χ3n) is 4.02. The Morgan fingerprint density at radius 2 is 2.05 bits per heavy atom. The summed E-state index contributed by atoms with van der Waals surface area (Å²) in [5.74, 6) is 1.73. The predicted octanol–water partition coefficient (Wildman–Crippen LogP) is 2.16. The molecule has 4 heteroatoms. The molecule has 1 aromatic carbocycles. The molecule has 2 atom stereocenters. The van der Waals surface area contributed by atoms with Gasteiger partial charge in [-0.3, -0.25) is 0 Å². The smallest absolute Gasteiger partial charge is 0.231 e. The van der Waals surface area contributed by atoms with Crippen LogP contribution in [0, 0.1) is 0 Å². The Bertz CT molecular complexity index is 442. The summed E-state index contributed by atoms with van der Waals surface area (Å²) in [6.45, 7) is 1.46. The third-order valence-corrected chi connectivity index (χ3v) is 4.02. The highest BCUT2D eigenvalue weighted by molar-refractivity contribution is 5.45. The summed E-state index contributed by atoms with van der Waals surface area (Å²) in [5.41, 5.74) is 1.30. The van der Waals surface area contributed by atoms with Crippen molar-refractivity contribution >= 4 is 0 Å². The molecule has 0 aliphatic carbocycles. The minimum atomic E-state index is 0.340. The lowest BCUT2D eigenvalue weighted by Crippen LogP contribution is -2.44. The van der Waals surface area contributed by atoms with Gasteiger partial charge in [-0.25, -0.2) is 0 Å². The molecule has 3 rings (SSSR count). The molecule has 0 saturated carbocycles. The van der Waals surface area contributed by atoms with Crippen LogP contribution in [0.3, 0.4) is 0 Å². The summed E-state index contributed by atoms with van der Waals surface area (Å²) in [5, 5.41) is 3.65. The van der Waals surface area contributed by atoms with Gasteiger partial charge in [0.2, 0.25) is 6.79 Å². The molecular weight excluding hydrogens is 240 g/mol. The van der Waals surface area contributed by atoms with Crippen molar-refractivity contribution in [1.29, 1.82) is 0 Å². The van der Waals surface area contributed by atoms with E-state index in [4.69, 9.17) is 9.47 Å². The lowest BCUT2D eigenvalue weighted by molar-refractivity contribution is 0.173. The van der Waals surface area contributed by atoms with E-state index in [2.05, 4.69) is 36.4 Å². The Labute approximate surface area is 114 Å². The summed E-state index contributed by atoms with van der Waals surface area (Å²) >= 11 is 0. The van der Waals surface area contributed by atoms with E-state index in [1.165, 1.54) is 24.8 Å². The number of nitrogens with one attached hydrogen (secondary N) is 1. The van der Waals surface area contributed by atoms with Gasteiger partial charge < -0.3 is 19.7 Å². The largest absolute Gasteiger partial charge is 0.454 e. The number of rotatable bonds is 3. The maximum absolute atomic E-state index is 5.50. The average molecular weight is 262 g/mol. The highest BCUT2D eigenvalue weighted by atomic mass is 16.7. The van der Waals surface area contributed by atoms with E-state index in [1.807, 2.05) is 6.07 Å². The van der Waals surface area contributed by atoms with Gasteiger partial charge in [0.1, 0.15) is 0 Å². The van der Waals surface area contributed by atoms with Crippen molar-refractivity contribution in [1.82, 2.24) is 10.2 Å². The van der Waals surface area contributed by atoms with Crippen LogP contribution in [-0.2, 0) is 0 Å². The van der Waals surface area contributed by atoms with E-state index in [0.717, 1.165) is 18.0 Å². The van der Waals surface area contributed by atoms with Crippen molar-refractivity contribution in [3.8, 4) is 11.5 Å². The maximum Gasteiger partial charge on any atom is 0.231 e. The molecule has 19 heavy (non-hydrogen) atoms. The van der Waals surface area contributed by atoms with Gasteiger partial charge in [0.25, 0.3) is 0 Å². The summed E-state index contributed by atoms with van der Waals surface area (Å²) < 4.78 is 10.9. The van der Waals surface area contributed by atoms with Gasteiger partial charge in [0.05, 0.1) is 0 Å². The van der Waals surface area contributed by atoms with Crippen LogP contribution < -0.4 is 14.8 Å². The van der Waals surface area contributed by atoms with Crippen LogP contribution in [0.15, 0.2) is 18.2 Å². The zero-order valence-corrected chi connectivity index (χ0v) is 11.7. The first kappa shape index (κ1) is 12.8. The second-order valence-electron chi connectivity index (χ2n) is 5.58. The van der Waals surface area contributed by atoms with Crippen LogP contribution in [0.4, 0.5) is 0 Å². The SMILES string of the molecule is CN(C)C(c1ccc2c(c1)OCO2)C1CCCCN1. The molecule has 0 spiro atoms. The normalized spacial score (nSPS) is 23.6. The molecule has 4 nitrogen and oxygen atoms in total. The maximum atomic E-state index is 5.50. The van der Waals surface area contributed by atoms with E-state index in [9.17, 15) is 0 Å². The van der Waals surface area contributed by atoms with E-state index < -0.39 is 0 Å². The fourth-order valence-electron chi connectivity index (χ4n) is 3.14. The Hall–Kier alpha value is -1.26. The molecule has 1 saturated heterocycles. The van der Waals surface area contributed by atoms with Crippen molar-refractivity contribution in [2.24, 2.45) is 0 Å². The number of hydrogen-bond acceptors (Lipinski definition) is 4. The summed E-state index contributed by atoms with van der Waals surface area (Å²) in [6, 6.07) is 7.22. The Balaban J connectivity index is 1.87. The van der Waals surface area contributed by atoms with Gasteiger partial charge >= 0.3 is 0 Å². The minimum Gasteiger partial charge on any atom is -0.454 e. The number of benzene rings is 1. The molecule has 1 aromatic rings. The van der Waals surface area contributed by atoms with Crippen LogP contribution in [0.5, 0.6) is 11.5 Å². The van der Waals surface area contributed by atoms with E-state index in [-0.39, 0.29) is 0 Å². The first-order valence-corrected chi connectivity index (χ1v) is 7.05. The molecule has 104 valence electrons. The number of likely N-dealkylation sites (N-methyl/N-ethyl adjacent to an activating group) is 1. The Morgan fingerprint density at radius 3 is 2.79 bits per heavy atom.